The molecule has 5 fully saturated rings. The first kappa shape index (κ1) is 85.2. The molecule has 12 amide bonds. The number of rotatable bonds is 16. The van der Waals surface area contributed by atoms with Crippen LogP contribution >= 0.6 is 34.2 Å². The molecule has 568 valence electrons. The number of likely N-dealkylation sites (tertiary alicyclic amines) is 1. The van der Waals surface area contributed by atoms with Gasteiger partial charge in [-0.05, 0) is 145 Å². The molecule has 0 radical (unpaired) electrons. The quantitative estimate of drug-likeness (QED) is 0.0913. The minimum atomic E-state index is -1.43. The van der Waals surface area contributed by atoms with E-state index in [0.29, 0.717) is 94.1 Å². The van der Waals surface area contributed by atoms with Crippen molar-refractivity contribution in [1.82, 2.24) is 60.5 Å². The van der Waals surface area contributed by atoms with Crippen LogP contribution in [0.15, 0.2) is 0 Å². The summed E-state index contributed by atoms with van der Waals surface area (Å²) in [5.74, 6) is -9.20. The molecule has 100 heavy (non-hydrogen) atoms. The summed E-state index contributed by atoms with van der Waals surface area (Å²) < 4.78 is 16.5. The summed E-state index contributed by atoms with van der Waals surface area (Å²) in [6, 6.07) is -10.0. The number of carbonyl (C=O) groups excluding carboxylic acids is 12. The van der Waals surface area contributed by atoms with Gasteiger partial charge in [-0.3, -0.25) is 57.5 Å². The number of likely N-dealkylation sites (N-methyl/N-ethyl adjacent to an activating group) is 7. The van der Waals surface area contributed by atoms with Gasteiger partial charge in [0.2, 0.25) is 70.9 Å². The maximum absolute atomic E-state index is 16.2. The molecule has 5 aliphatic rings. The number of carbonyl (C=O) groups is 12. The van der Waals surface area contributed by atoms with Gasteiger partial charge < -0.3 is 60.5 Å². The van der Waals surface area contributed by atoms with Crippen LogP contribution in [0.5, 0.6) is 0 Å². The summed E-state index contributed by atoms with van der Waals surface area (Å²) in [4.78, 5) is 189. The lowest BCUT2D eigenvalue weighted by molar-refractivity contribution is -0.151. The lowest BCUT2D eigenvalue weighted by atomic mass is 9.82. The molecule has 2 heterocycles. The zero-order valence-corrected chi connectivity index (χ0v) is 65.6. The van der Waals surface area contributed by atoms with E-state index in [1.165, 1.54) is 78.7 Å². The molecule has 24 nitrogen and oxygen atoms in total. The van der Waals surface area contributed by atoms with Gasteiger partial charge in [-0.25, -0.2) is 4.39 Å². The standard InChI is InChI=1S/C73H123ClFIN12O12/c1-15-17-28-54-69(96)86(13)58(40-50-25-19-20-27-53(50)75)67(94)79-56(35-45(3)4)70(97)87(14)60(72(99)88-33-21-18-22-34-88)41-62(90)84(11)57(36-46(5)6)68(95)80-65(47(7)16-2)73(100)83(10)43-63(91)81(8)44-64(92)85(12)59(39-48-29-31-51(74)32-30-48)71(98)82(9)42-61(89)77-55(66(93)78-54)38-49-24-23-26-52(76)37-49/h45-60,65H,15-44H2,1-14H3,(H,77,89)(H,78,93)(H,79,94)(H,80,95)/t47-,48?,49?,50?,51?,52?,53?,54-,55-,56-,57-,58-,59-,60-,65-/m0/s1. The fraction of sp³-hybridized carbons (Fsp3) is 0.836. The third-order valence-corrected chi connectivity index (χ3v) is 23.3. The van der Waals surface area contributed by atoms with Gasteiger partial charge in [-0.1, -0.05) is 116 Å². The van der Waals surface area contributed by atoms with Crippen LogP contribution in [-0.4, -0.2) is 256 Å². The van der Waals surface area contributed by atoms with Gasteiger partial charge >= 0.3 is 0 Å². The topological polar surface area (TPSA) is 279 Å². The molecule has 0 spiro atoms. The number of halogens is 3. The number of unbranched alkanes of at least 4 members (excludes halogenated alkanes) is 1. The van der Waals surface area contributed by atoms with E-state index in [9.17, 15) is 33.6 Å². The van der Waals surface area contributed by atoms with Gasteiger partial charge in [0, 0.05) is 71.7 Å². The molecule has 2 saturated heterocycles. The molecule has 0 bridgehead atoms. The van der Waals surface area contributed by atoms with Crippen molar-refractivity contribution < 1.29 is 61.9 Å². The van der Waals surface area contributed by atoms with Gasteiger partial charge in [0.05, 0.1) is 26.1 Å². The summed E-state index contributed by atoms with van der Waals surface area (Å²) in [5.41, 5.74) is 0. The van der Waals surface area contributed by atoms with Crippen LogP contribution in [0.2, 0.25) is 0 Å². The minimum Gasteiger partial charge on any atom is -0.343 e. The molecule has 5 rings (SSSR count). The Labute approximate surface area is 614 Å². The highest BCUT2D eigenvalue weighted by Crippen LogP contribution is 2.35. The molecule has 27 heteroatoms. The highest BCUT2D eigenvalue weighted by molar-refractivity contribution is 14.1. The molecular formula is C73H123ClFIN12O12. The normalized spacial score (nSPS) is 30.7. The number of hydrogen-bond donors (Lipinski definition) is 4. The van der Waals surface area contributed by atoms with Crippen LogP contribution in [0.25, 0.3) is 0 Å². The number of amides is 12. The second-order valence-electron chi connectivity index (χ2n) is 30.7. The number of nitrogens with one attached hydrogen (secondary N) is 4. The SMILES string of the molecule is CCCC[C@@H]1NC(=O)[C@H](CC2CCCC(I)C2)NC(=O)CN(C)C(=O)[C@H](CC2CCC(Cl)CC2)N(C)C(=O)CN(C)C(=O)CN(C)C(=O)[C@H]([C@@H](C)CC)NC(=O)[C@H](CC(C)C)N(C)C(=O)C[C@@H](C(=O)N2CCCCC2)N(C)C(=O)[C@H](CC(C)C)NC(=O)[C@H](CC2CCCCC2F)N(C)C1=O. The molecule has 2 aliphatic heterocycles. The largest absolute Gasteiger partial charge is 0.343 e. The fourth-order valence-corrected chi connectivity index (χ4v) is 16.4. The first-order chi connectivity index (χ1) is 47.2. The predicted octanol–water partition coefficient (Wildman–Crippen LogP) is 6.84. The van der Waals surface area contributed by atoms with E-state index in [1.54, 1.807) is 11.8 Å². The van der Waals surface area contributed by atoms with E-state index in [2.05, 4.69) is 43.9 Å². The minimum absolute atomic E-state index is 0.00607. The summed E-state index contributed by atoms with van der Waals surface area (Å²) in [6.07, 6.45) is 10.8. The van der Waals surface area contributed by atoms with Gasteiger partial charge in [0.1, 0.15) is 54.5 Å². The third kappa shape index (κ3) is 25.2. The Morgan fingerprint density at radius 2 is 1.12 bits per heavy atom. The van der Waals surface area contributed by atoms with Crippen LogP contribution < -0.4 is 21.3 Å². The zero-order valence-electron chi connectivity index (χ0n) is 62.6. The van der Waals surface area contributed by atoms with Crippen molar-refractivity contribution >= 4 is 105 Å². The highest BCUT2D eigenvalue weighted by Gasteiger charge is 2.44. The van der Waals surface area contributed by atoms with Crippen LogP contribution in [0, 0.1) is 35.5 Å². The number of nitrogens with zero attached hydrogens (tertiary/aromatic N) is 8. The lowest BCUT2D eigenvalue weighted by Crippen LogP contribution is -2.61. The Bertz CT molecular complexity index is 2780. The first-order valence-corrected chi connectivity index (χ1v) is 39.1. The molecule has 3 aliphatic carbocycles. The fourth-order valence-electron chi connectivity index (χ4n) is 15.0. The van der Waals surface area contributed by atoms with Crippen molar-refractivity contribution in [3.05, 3.63) is 0 Å². The number of hydrogen-bond acceptors (Lipinski definition) is 12. The van der Waals surface area contributed by atoms with E-state index in [1.807, 2.05) is 41.5 Å². The van der Waals surface area contributed by atoms with Crippen molar-refractivity contribution in [2.24, 2.45) is 35.5 Å². The van der Waals surface area contributed by atoms with Gasteiger partial charge in [-0.15, -0.1) is 11.6 Å². The van der Waals surface area contributed by atoms with Crippen molar-refractivity contribution in [2.75, 3.05) is 82.1 Å². The molecule has 4 unspecified atom stereocenters. The Balaban J connectivity index is 1.64. The molecular weight excluding hydrogens is 1420 g/mol. The Hall–Kier alpha value is -5.41. The molecule has 3 saturated carbocycles. The second-order valence-corrected chi connectivity index (χ2v) is 33.1. The van der Waals surface area contributed by atoms with Crippen LogP contribution in [0.4, 0.5) is 4.39 Å². The summed E-state index contributed by atoms with van der Waals surface area (Å²) in [5, 5.41) is 11.7. The van der Waals surface area contributed by atoms with Gasteiger partial charge in [-0.2, -0.15) is 0 Å². The number of piperidine rings is 1. The predicted molar refractivity (Wildman–Crippen MR) is 392 cm³/mol. The van der Waals surface area contributed by atoms with Crippen molar-refractivity contribution in [1.29, 1.82) is 0 Å². The van der Waals surface area contributed by atoms with E-state index >= 15 is 28.4 Å². The van der Waals surface area contributed by atoms with Gasteiger partial charge in [0.15, 0.2) is 0 Å². The molecule has 4 N–H and O–H groups in total. The van der Waals surface area contributed by atoms with E-state index in [-0.39, 0.29) is 74.0 Å². The van der Waals surface area contributed by atoms with E-state index in [0.717, 1.165) is 37.0 Å². The van der Waals surface area contributed by atoms with Crippen molar-refractivity contribution in [3.63, 3.8) is 0 Å². The molecule has 0 aromatic heterocycles. The van der Waals surface area contributed by atoms with E-state index in [4.69, 9.17) is 11.6 Å². The Kier molecular flexibility index (Phi) is 35.1. The van der Waals surface area contributed by atoms with Gasteiger partial charge in [0.25, 0.3) is 0 Å². The summed E-state index contributed by atoms with van der Waals surface area (Å²) >= 11 is 8.94. The maximum atomic E-state index is 16.2. The summed E-state index contributed by atoms with van der Waals surface area (Å²) in [7, 11) is 10.0. The molecule has 0 aromatic carbocycles. The average molecular weight is 1540 g/mol. The molecule has 13 atom stereocenters. The first-order valence-electron chi connectivity index (χ1n) is 37.4. The second kappa shape index (κ2) is 41.2. The zero-order chi connectivity index (χ0) is 74.4. The number of alkyl halides is 3. The summed E-state index contributed by atoms with van der Waals surface area (Å²) in [6.45, 7) is 12.2. The average Bonchev–Trinajstić information content (AvgIpc) is 0.822. The smallest absolute Gasteiger partial charge is 0.245 e. The van der Waals surface area contributed by atoms with Crippen LogP contribution in [-0.2, 0) is 57.5 Å². The van der Waals surface area contributed by atoms with Crippen molar-refractivity contribution in [3.8, 4) is 0 Å². The van der Waals surface area contributed by atoms with Crippen LogP contribution in [0.3, 0.4) is 0 Å². The van der Waals surface area contributed by atoms with Crippen LogP contribution in [0.1, 0.15) is 209 Å². The lowest BCUT2D eigenvalue weighted by Gasteiger charge is -2.38. The molecule has 0 aromatic rings. The monoisotopic (exact) mass is 1540 g/mol. The van der Waals surface area contributed by atoms with E-state index < -0.39 is 163 Å². The Morgan fingerprint density at radius 1 is 0.530 bits per heavy atom. The Morgan fingerprint density at radius 3 is 1.73 bits per heavy atom. The maximum Gasteiger partial charge on any atom is 0.245 e. The van der Waals surface area contributed by atoms with Crippen molar-refractivity contribution in [2.45, 2.75) is 273 Å². The third-order valence-electron chi connectivity index (χ3n) is 21.7. The highest BCUT2D eigenvalue weighted by atomic mass is 127.